The first-order valence-electron chi connectivity index (χ1n) is 8.85. The number of thiazole rings is 1. The summed E-state index contributed by atoms with van der Waals surface area (Å²) >= 11 is 2.56. The van der Waals surface area contributed by atoms with Gasteiger partial charge in [-0.15, -0.1) is 27.8 Å². The first kappa shape index (κ1) is 21.0. The third-order valence-electron chi connectivity index (χ3n) is 3.99. The van der Waals surface area contributed by atoms with Crippen LogP contribution >= 0.6 is 22.7 Å². The van der Waals surface area contributed by atoms with Gasteiger partial charge in [0.2, 0.25) is 5.91 Å². The van der Waals surface area contributed by atoms with Crippen molar-refractivity contribution >= 4 is 49.4 Å². The quantitative estimate of drug-likeness (QED) is 0.398. The number of aromatic nitrogens is 3. The van der Waals surface area contributed by atoms with Gasteiger partial charge >= 0.3 is 5.76 Å². The zero-order chi connectivity index (χ0) is 21.8. The molecule has 4 aromatic rings. The topological polar surface area (TPSA) is 136 Å². The van der Waals surface area contributed by atoms with E-state index in [-0.39, 0.29) is 34.8 Å². The molecular weight excluding hydrogens is 462 g/mol. The van der Waals surface area contributed by atoms with Crippen LogP contribution in [0.1, 0.15) is 6.42 Å². The molecule has 4 rings (SSSR count). The Morgan fingerprint density at radius 3 is 2.61 bits per heavy atom. The van der Waals surface area contributed by atoms with Gasteiger partial charge in [0.05, 0.1) is 16.3 Å². The summed E-state index contributed by atoms with van der Waals surface area (Å²) in [6.45, 7) is 0.0454. The smallest absolute Gasteiger partial charge is 0.387 e. The molecule has 0 radical (unpaired) electrons. The van der Waals surface area contributed by atoms with Crippen LogP contribution in [0.4, 0.5) is 10.8 Å². The third-order valence-corrected chi connectivity index (χ3v) is 7.02. The predicted octanol–water partition coefficient (Wildman–Crippen LogP) is 2.85. The van der Waals surface area contributed by atoms with E-state index in [1.54, 1.807) is 11.4 Å². The molecule has 3 heterocycles. The molecule has 2 N–H and O–H groups in total. The Hall–Kier alpha value is -3.29. The van der Waals surface area contributed by atoms with Crippen LogP contribution in [0.25, 0.3) is 10.8 Å². The summed E-state index contributed by atoms with van der Waals surface area (Å²) in [5.41, 5.74) is 0.421. The van der Waals surface area contributed by atoms with E-state index >= 15 is 0 Å². The zero-order valence-electron chi connectivity index (χ0n) is 15.7. The zero-order valence-corrected chi connectivity index (χ0v) is 18.2. The molecule has 0 aliphatic heterocycles. The maximum absolute atomic E-state index is 12.3. The lowest BCUT2D eigenvalue weighted by atomic mass is 10.3. The summed E-state index contributed by atoms with van der Waals surface area (Å²) in [5.74, 6) is -0.786. The Kier molecular flexibility index (Phi) is 5.97. The Morgan fingerprint density at radius 1 is 1.13 bits per heavy atom. The molecule has 1 amide bonds. The number of benzene rings is 1. The van der Waals surface area contributed by atoms with Crippen LogP contribution in [0, 0.1) is 0 Å². The number of hydrogen-bond donors (Lipinski definition) is 2. The van der Waals surface area contributed by atoms with E-state index in [4.69, 9.17) is 4.42 Å². The molecular formula is C18H15N5O5S3. The van der Waals surface area contributed by atoms with Crippen molar-refractivity contribution in [2.45, 2.75) is 17.9 Å². The third kappa shape index (κ3) is 5.07. The number of amides is 1. The van der Waals surface area contributed by atoms with Crippen LogP contribution in [0.3, 0.4) is 0 Å². The minimum atomic E-state index is -3.77. The van der Waals surface area contributed by atoms with Crippen molar-refractivity contribution in [3.05, 3.63) is 63.9 Å². The lowest BCUT2D eigenvalue weighted by Gasteiger charge is -2.08. The largest absolute Gasteiger partial charge is 0.437 e. The molecule has 10 nitrogen and oxygen atoms in total. The fourth-order valence-electron chi connectivity index (χ4n) is 2.54. The fourth-order valence-corrected chi connectivity index (χ4v) is 4.98. The molecule has 0 unspecified atom stereocenters. The maximum atomic E-state index is 12.3. The van der Waals surface area contributed by atoms with E-state index in [1.807, 2.05) is 11.4 Å². The first-order chi connectivity index (χ1) is 14.9. The Morgan fingerprint density at radius 2 is 1.94 bits per heavy atom. The second-order valence-electron chi connectivity index (χ2n) is 6.14. The van der Waals surface area contributed by atoms with E-state index in [1.165, 1.54) is 53.1 Å². The van der Waals surface area contributed by atoms with Gasteiger partial charge in [-0.25, -0.2) is 18.2 Å². The summed E-state index contributed by atoms with van der Waals surface area (Å²) in [4.78, 5) is 28.7. The second kappa shape index (κ2) is 8.83. The predicted molar refractivity (Wildman–Crippen MR) is 117 cm³/mol. The maximum Gasteiger partial charge on any atom is 0.437 e. The van der Waals surface area contributed by atoms with Gasteiger partial charge in [-0.3, -0.25) is 9.52 Å². The first-order valence-corrected chi connectivity index (χ1v) is 12.1. The number of sulfonamides is 1. The summed E-state index contributed by atoms with van der Waals surface area (Å²) in [5, 5.41) is 10.5. The summed E-state index contributed by atoms with van der Waals surface area (Å²) < 4.78 is 33.2. The van der Waals surface area contributed by atoms with Crippen molar-refractivity contribution in [1.29, 1.82) is 0 Å². The number of carbonyl (C=O) groups is 1. The van der Waals surface area contributed by atoms with Gasteiger partial charge < -0.3 is 9.73 Å². The van der Waals surface area contributed by atoms with Crippen molar-refractivity contribution in [3.63, 3.8) is 0 Å². The highest BCUT2D eigenvalue weighted by Gasteiger charge is 2.16. The van der Waals surface area contributed by atoms with Crippen molar-refractivity contribution in [3.8, 4) is 10.8 Å². The number of nitrogens with zero attached hydrogens (tertiary/aromatic N) is 3. The highest BCUT2D eigenvalue weighted by atomic mass is 32.2. The Balaban J connectivity index is 1.34. The van der Waals surface area contributed by atoms with Gasteiger partial charge in [0, 0.05) is 23.7 Å². The molecule has 0 fully saturated rings. The van der Waals surface area contributed by atoms with Gasteiger partial charge in [-0.1, -0.05) is 6.07 Å². The number of hydrogen-bond acceptors (Lipinski definition) is 9. The number of nitrogens with one attached hydrogen (secondary N) is 2. The van der Waals surface area contributed by atoms with Crippen molar-refractivity contribution in [1.82, 2.24) is 14.8 Å². The standard InChI is InChI=1S/C18H15N5O5S3/c24-15(7-9-23-18(25)28-16(21-23)14-2-1-10-29-14)20-12-3-5-13(6-4-12)31(26,27)22-17-19-8-11-30-17/h1-6,8,10-11H,7,9H2,(H,19,22)(H,20,24). The van der Waals surface area contributed by atoms with Crippen LogP contribution in [-0.4, -0.2) is 29.1 Å². The van der Waals surface area contributed by atoms with Crippen LogP contribution in [-0.2, 0) is 21.4 Å². The summed E-state index contributed by atoms with van der Waals surface area (Å²) in [6.07, 6.45) is 1.49. The fraction of sp³-hybridized carbons (Fsp3) is 0.111. The molecule has 0 atom stereocenters. The van der Waals surface area contributed by atoms with Gasteiger partial charge in [0.25, 0.3) is 15.9 Å². The minimum absolute atomic E-state index is 0.0119. The number of thiophene rings is 1. The minimum Gasteiger partial charge on any atom is -0.387 e. The molecule has 0 aliphatic rings. The van der Waals surface area contributed by atoms with Gasteiger partial charge in [0.1, 0.15) is 0 Å². The number of anilines is 2. The van der Waals surface area contributed by atoms with E-state index in [9.17, 15) is 18.0 Å². The van der Waals surface area contributed by atoms with E-state index < -0.39 is 15.8 Å². The van der Waals surface area contributed by atoms with Crippen LogP contribution in [0.5, 0.6) is 0 Å². The van der Waals surface area contributed by atoms with E-state index in [2.05, 4.69) is 20.1 Å². The van der Waals surface area contributed by atoms with Crippen molar-refractivity contribution < 1.29 is 17.6 Å². The second-order valence-corrected chi connectivity index (χ2v) is 9.66. The number of rotatable bonds is 8. The normalized spacial score (nSPS) is 11.4. The number of carbonyl (C=O) groups excluding carboxylic acids is 1. The number of aryl methyl sites for hydroxylation is 1. The monoisotopic (exact) mass is 477 g/mol. The van der Waals surface area contributed by atoms with E-state index in [0.717, 1.165) is 9.56 Å². The highest BCUT2D eigenvalue weighted by Crippen LogP contribution is 2.21. The van der Waals surface area contributed by atoms with Crippen LogP contribution in [0.15, 0.2) is 67.5 Å². The van der Waals surface area contributed by atoms with Crippen molar-refractivity contribution in [2.24, 2.45) is 0 Å². The molecule has 0 bridgehead atoms. The van der Waals surface area contributed by atoms with Gasteiger partial charge in [-0.2, -0.15) is 4.68 Å². The van der Waals surface area contributed by atoms with E-state index in [0.29, 0.717) is 5.69 Å². The molecule has 160 valence electrons. The summed E-state index contributed by atoms with van der Waals surface area (Å²) in [6, 6.07) is 9.31. The average Bonchev–Trinajstić information content (AvgIpc) is 3.49. The molecule has 1 aromatic carbocycles. The summed E-state index contributed by atoms with van der Waals surface area (Å²) in [7, 11) is -3.77. The molecule has 3 aromatic heterocycles. The molecule has 0 saturated carbocycles. The lowest BCUT2D eigenvalue weighted by Crippen LogP contribution is -2.21. The van der Waals surface area contributed by atoms with Gasteiger partial charge in [0.15, 0.2) is 5.13 Å². The highest BCUT2D eigenvalue weighted by molar-refractivity contribution is 7.93. The molecule has 0 spiro atoms. The van der Waals surface area contributed by atoms with Gasteiger partial charge in [-0.05, 0) is 35.7 Å². The Bertz CT molecular complexity index is 1320. The SMILES string of the molecule is O=C(CCn1nc(-c2cccs2)oc1=O)Nc1ccc(S(=O)(=O)Nc2nccs2)cc1. The Labute approximate surface area is 184 Å². The van der Waals surface area contributed by atoms with Crippen molar-refractivity contribution in [2.75, 3.05) is 10.0 Å². The molecule has 31 heavy (non-hydrogen) atoms. The molecule has 0 saturated heterocycles. The molecule has 0 aliphatic carbocycles. The van der Waals surface area contributed by atoms with Crippen LogP contribution < -0.4 is 15.8 Å². The van der Waals surface area contributed by atoms with Crippen LogP contribution in [0.2, 0.25) is 0 Å². The lowest BCUT2D eigenvalue weighted by molar-refractivity contribution is -0.116. The average molecular weight is 478 g/mol. The molecule has 13 heteroatoms.